The van der Waals surface area contributed by atoms with E-state index in [0.717, 1.165) is 31.4 Å². The standard InChI is InChI=1S/C14H19N3O2/c1-3-5-13(16-4-2)8-11-6-7-14(17(18)19)9-12(11)10-15/h6-7,9,13,16H,3-5,8H2,1-2H3. The first kappa shape index (κ1) is 15.1. The van der Waals surface area contributed by atoms with Crippen LogP contribution in [0.15, 0.2) is 18.2 Å². The normalized spacial score (nSPS) is 11.8. The number of nitrogens with one attached hydrogen (secondary N) is 1. The Kier molecular flexibility index (Phi) is 5.97. The molecule has 0 radical (unpaired) electrons. The third-order valence-electron chi connectivity index (χ3n) is 3.02. The van der Waals surface area contributed by atoms with E-state index in [-0.39, 0.29) is 5.69 Å². The lowest BCUT2D eigenvalue weighted by molar-refractivity contribution is -0.384. The highest BCUT2D eigenvalue weighted by Crippen LogP contribution is 2.19. The van der Waals surface area contributed by atoms with E-state index in [0.29, 0.717) is 11.6 Å². The Hall–Kier alpha value is -1.93. The van der Waals surface area contributed by atoms with Crippen molar-refractivity contribution in [2.45, 2.75) is 39.2 Å². The van der Waals surface area contributed by atoms with Crippen LogP contribution in [-0.4, -0.2) is 17.5 Å². The molecule has 5 nitrogen and oxygen atoms in total. The average molecular weight is 261 g/mol. The summed E-state index contributed by atoms with van der Waals surface area (Å²) in [5.41, 5.74) is 1.23. The number of rotatable bonds is 7. The maximum atomic E-state index is 10.7. The van der Waals surface area contributed by atoms with Gasteiger partial charge in [0.1, 0.15) is 0 Å². The van der Waals surface area contributed by atoms with Gasteiger partial charge in [0.2, 0.25) is 0 Å². The Morgan fingerprint density at radius 3 is 2.74 bits per heavy atom. The molecule has 0 aliphatic heterocycles. The van der Waals surface area contributed by atoms with Gasteiger partial charge in [-0.2, -0.15) is 5.26 Å². The van der Waals surface area contributed by atoms with E-state index in [9.17, 15) is 10.1 Å². The second-order valence-corrected chi connectivity index (χ2v) is 4.46. The molecule has 5 heteroatoms. The third kappa shape index (κ3) is 4.34. The highest BCUT2D eigenvalue weighted by molar-refractivity contribution is 5.46. The van der Waals surface area contributed by atoms with E-state index < -0.39 is 4.92 Å². The van der Waals surface area contributed by atoms with Gasteiger partial charge in [-0.3, -0.25) is 10.1 Å². The van der Waals surface area contributed by atoms with Gasteiger partial charge in [-0.1, -0.05) is 26.3 Å². The second-order valence-electron chi connectivity index (χ2n) is 4.46. The average Bonchev–Trinajstić information content (AvgIpc) is 2.39. The lowest BCUT2D eigenvalue weighted by Gasteiger charge is -2.17. The molecule has 0 aliphatic rings. The number of hydrogen-bond acceptors (Lipinski definition) is 4. The highest BCUT2D eigenvalue weighted by Gasteiger charge is 2.14. The molecule has 0 spiro atoms. The van der Waals surface area contributed by atoms with Crippen LogP contribution in [0.5, 0.6) is 0 Å². The van der Waals surface area contributed by atoms with Crippen LogP contribution in [0.1, 0.15) is 37.8 Å². The number of nitro benzene ring substituents is 1. The van der Waals surface area contributed by atoms with Crippen molar-refractivity contribution in [1.82, 2.24) is 5.32 Å². The molecule has 1 rings (SSSR count). The number of benzene rings is 1. The van der Waals surface area contributed by atoms with Crippen molar-refractivity contribution in [2.24, 2.45) is 0 Å². The molecule has 0 saturated heterocycles. The van der Waals surface area contributed by atoms with Gasteiger partial charge in [0.15, 0.2) is 0 Å². The first-order valence-electron chi connectivity index (χ1n) is 6.53. The summed E-state index contributed by atoms with van der Waals surface area (Å²) in [7, 11) is 0. The van der Waals surface area contributed by atoms with Gasteiger partial charge in [-0.15, -0.1) is 0 Å². The van der Waals surface area contributed by atoms with Crippen LogP contribution in [0.25, 0.3) is 0 Å². The van der Waals surface area contributed by atoms with Gasteiger partial charge >= 0.3 is 0 Å². The highest BCUT2D eigenvalue weighted by atomic mass is 16.6. The summed E-state index contributed by atoms with van der Waals surface area (Å²) in [5.74, 6) is 0. The van der Waals surface area contributed by atoms with Crippen LogP contribution in [-0.2, 0) is 6.42 Å². The second kappa shape index (κ2) is 7.49. The van der Waals surface area contributed by atoms with E-state index in [2.05, 4.69) is 12.2 Å². The summed E-state index contributed by atoms with van der Waals surface area (Å²) in [6.45, 7) is 5.04. The summed E-state index contributed by atoms with van der Waals surface area (Å²) in [5, 5.41) is 23.2. The van der Waals surface area contributed by atoms with Gasteiger partial charge in [0.05, 0.1) is 16.6 Å². The molecule has 0 fully saturated rings. The first-order chi connectivity index (χ1) is 9.12. The molecule has 0 amide bonds. The largest absolute Gasteiger partial charge is 0.314 e. The zero-order chi connectivity index (χ0) is 14.3. The quantitative estimate of drug-likeness (QED) is 0.604. The van der Waals surface area contributed by atoms with E-state index in [1.807, 2.05) is 13.0 Å². The minimum Gasteiger partial charge on any atom is -0.314 e. The van der Waals surface area contributed by atoms with E-state index in [1.54, 1.807) is 6.07 Å². The van der Waals surface area contributed by atoms with E-state index in [1.165, 1.54) is 12.1 Å². The van der Waals surface area contributed by atoms with Crippen molar-refractivity contribution in [3.05, 3.63) is 39.4 Å². The zero-order valence-electron chi connectivity index (χ0n) is 11.3. The SMILES string of the molecule is CCCC(Cc1ccc([N+](=O)[O-])cc1C#N)NCC. The number of likely N-dealkylation sites (N-methyl/N-ethyl adjacent to an activating group) is 1. The topological polar surface area (TPSA) is 79.0 Å². The Balaban J connectivity index is 2.93. The lowest BCUT2D eigenvalue weighted by Crippen LogP contribution is -2.31. The molecule has 1 aromatic rings. The van der Waals surface area contributed by atoms with Crippen molar-refractivity contribution in [3.63, 3.8) is 0 Å². The molecule has 102 valence electrons. The molecular weight excluding hydrogens is 242 g/mol. The van der Waals surface area contributed by atoms with Crippen molar-refractivity contribution in [1.29, 1.82) is 5.26 Å². The fourth-order valence-corrected chi connectivity index (χ4v) is 2.14. The van der Waals surface area contributed by atoms with Gasteiger partial charge < -0.3 is 5.32 Å². The predicted octanol–water partition coefficient (Wildman–Crippen LogP) is 2.79. The lowest BCUT2D eigenvalue weighted by atomic mass is 9.97. The van der Waals surface area contributed by atoms with Gasteiger partial charge in [0, 0.05) is 18.2 Å². The van der Waals surface area contributed by atoms with Crippen LogP contribution >= 0.6 is 0 Å². The molecule has 0 bridgehead atoms. The van der Waals surface area contributed by atoms with Crippen molar-refractivity contribution in [3.8, 4) is 6.07 Å². The van der Waals surface area contributed by atoms with E-state index in [4.69, 9.17) is 5.26 Å². The van der Waals surface area contributed by atoms with Gasteiger partial charge in [-0.05, 0) is 24.9 Å². The predicted molar refractivity (Wildman–Crippen MR) is 73.9 cm³/mol. The molecule has 0 heterocycles. The number of nitriles is 1. The number of hydrogen-bond donors (Lipinski definition) is 1. The molecule has 1 N–H and O–H groups in total. The van der Waals surface area contributed by atoms with Gasteiger partial charge in [-0.25, -0.2) is 0 Å². The summed E-state index contributed by atoms with van der Waals surface area (Å²) in [6, 6.07) is 6.86. The molecular formula is C14H19N3O2. The molecule has 0 aromatic heterocycles. The minimum absolute atomic E-state index is 0.0317. The summed E-state index contributed by atoms with van der Waals surface area (Å²) < 4.78 is 0. The molecule has 0 aliphatic carbocycles. The molecule has 19 heavy (non-hydrogen) atoms. The van der Waals surface area contributed by atoms with E-state index >= 15 is 0 Å². The number of nitro groups is 1. The molecule has 1 atom stereocenters. The Morgan fingerprint density at radius 2 is 2.21 bits per heavy atom. The van der Waals surface area contributed by atoms with Crippen molar-refractivity contribution in [2.75, 3.05) is 6.54 Å². The minimum atomic E-state index is -0.474. The summed E-state index contributed by atoms with van der Waals surface area (Å²) >= 11 is 0. The third-order valence-corrected chi connectivity index (χ3v) is 3.02. The Bertz CT molecular complexity index is 474. The van der Waals surface area contributed by atoms with Crippen LogP contribution < -0.4 is 5.32 Å². The number of nitrogens with zero attached hydrogens (tertiary/aromatic N) is 2. The van der Waals surface area contributed by atoms with Crippen molar-refractivity contribution < 1.29 is 4.92 Å². The van der Waals surface area contributed by atoms with Crippen LogP contribution in [0.4, 0.5) is 5.69 Å². The smallest absolute Gasteiger partial charge is 0.270 e. The fourth-order valence-electron chi connectivity index (χ4n) is 2.14. The van der Waals surface area contributed by atoms with Crippen LogP contribution in [0.2, 0.25) is 0 Å². The molecule has 1 unspecified atom stereocenters. The van der Waals surface area contributed by atoms with Crippen molar-refractivity contribution >= 4 is 5.69 Å². The summed E-state index contributed by atoms with van der Waals surface area (Å²) in [4.78, 5) is 10.2. The monoisotopic (exact) mass is 261 g/mol. The zero-order valence-corrected chi connectivity index (χ0v) is 11.3. The summed E-state index contributed by atoms with van der Waals surface area (Å²) in [6.07, 6.45) is 2.81. The first-order valence-corrected chi connectivity index (χ1v) is 6.53. The fraction of sp³-hybridized carbons (Fsp3) is 0.500. The van der Waals surface area contributed by atoms with Crippen LogP contribution in [0.3, 0.4) is 0 Å². The molecule has 0 saturated carbocycles. The maximum Gasteiger partial charge on any atom is 0.270 e. The number of non-ortho nitro benzene ring substituents is 1. The van der Waals surface area contributed by atoms with Gasteiger partial charge in [0.25, 0.3) is 5.69 Å². The Labute approximate surface area is 113 Å². The Morgan fingerprint density at radius 1 is 1.47 bits per heavy atom. The maximum absolute atomic E-state index is 10.7. The van der Waals surface area contributed by atoms with Crippen LogP contribution in [0, 0.1) is 21.4 Å². The molecule has 1 aromatic carbocycles.